The van der Waals surface area contributed by atoms with Gasteiger partial charge in [-0.05, 0) is 30.9 Å². The Morgan fingerprint density at radius 2 is 2.00 bits per heavy atom. The van der Waals surface area contributed by atoms with Crippen molar-refractivity contribution in [1.29, 1.82) is 0 Å². The Morgan fingerprint density at radius 1 is 1.28 bits per heavy atom. The van der Waals surface area contributed by atoms with Crippen LogP contribution >= 0.6 is 0 Å². The van der Waals surface area contributed by atoms with E-state index in [1.54, 1.807) is 0 Å². The molecule has 1 aliphatic rings. The molecule has 0 radical (unpaired) electrons. The molecule has 1 saturated carbocycles. The van der Waals surface area contributed by atoms with Gasteiger partial charge in [0, 0.05) is 6.04 Å². The molecule has 0 amide bonds. The summed E-state index contributed by atoms with van der Waals surface area (Å²) in [7, 11) is 2.05. The molecule has 0 aromatic heterocycles. The molecule has 0 aliphatic heterocycles. The summed E-state index contributed by atoms with van der Waals surface area (Å²) in [5.41, 5.74) is 1.59. The van der Waals surface area contributed by atoms with Crippen LogP contribution in [0.4, 0.5) is 0 Å². The van der Waals surface area contributed by atoms with Crippen LogP contribution in [0.15, 0.2) is 30.3 Å². The van der Waals surface area contributed by atoms with E-state index in [9.17, 15) is 0 Å². The maximum Gasteiger partial charge on any atom is 0.0737 e. The third-order valence-corrected chi connectivity index (χ3v) is 4.14. The molecule has 1 aromatic carbocycles. The van der Waals surface area contributed by atoms with Crippen molar-refractivity contribution in [2.24, 2.45) is 5.41 Å². The number of hydrogen-bond donors (Lipinski definition) is 1. The Morgan fingerprint density at radius 3 is 2.67 bits per heavy atom. The largest absolute Gasteiger partial charge is 0.372 e. The van der Waals surface area contributed by atoms with E-state index >= 15 is 0 Å². The number of hydrogen-bond acceptors (Lipinski definition) is 2. The summed E-state index contributed by atoms with van der Waals surface area (Å²) < 4.78 is 6.15. The molecule has 2 heteroatoms. The molecule has 2 unspecified atom stereocenters. The second-order valence-electron chi connectivity index (χ2n) is 5.98. The first-order chi connectivity index (χ1) is 8.63. The Kier molecular flexibility index (Phi) is 4.41. The summed E-state index contributed by atoms with van der Waals surface area (Å²) in [6.45, 7) is 5.40. The van der Waals surface area contributed by atoms with Gasteiger partial charge < -0.3 is 10.1 Å². The van der Waals surface area contributed by atoms with Crippen LogP contribution in [0.3, 0.4) is 0 Å². The highest BCUT2D eigenvalue weighted by molar-refractivity contribution is 5.13. The normalized spacial score (nSPS) is 27.1. The van der Waals surface area contributed by atoms with Crippen LogP contribution in [0.25, 0.3) is 0 Å². The zero-order valence-corrected chi connectivity index (χ0v) is 11.8. The van der Waals surface area contributed by atoms with Gasteiger partial charge in [0.25, 0.3) is 0 Å². The van der Waals surface area contributed by atoms with E-state index in [2.05, 4.69) is 50.5 Å². The second-order valence-corrected chi connectivity index (χ2v) is 5.98. The lowest BCUT2D eigenvalue weighted by Gasteiger charge is -2.43. The quantitative estimate of drug-likeness (QED) is 0.881. The van der Waals surface area contributed by atoms with Crippen molar-refractivity contribution in [2.45, 2.75) is 51.9 Å². The van der Waals surface area contributed by atoms with Crippen molar-refractivity contribution in [1.82, 2.24) is 5.32 Å². The van der Waals surface area contributed by atoms with E-state index in [1.165, 1.54) is 24.8 Å². The van der Waals surface area contributed by atoms with E-state index in [4.69, 9.17) is 4.74 Å². The number of nitrogens with one attached hydrogen (secondary N) is 1. The molecule has 0 saturated heterocycles. The SMILES string of the molecule is CNC1C(OCc2ccccc2)CCCC1(C)C. The third-order valence-electron chi connectivity index (χ3n) is 4.14. The number of ether oxygens (including phenoxy) is 1. The van der Waals surface area contributed by atoms with Crippen molar-refractivity contribution in [3.63, 3.8) is 0 Å². The van der Waals surface area contributed by atoms with E-state index in [0.717, 1.165) is 6.61 Å². The average Bonchev–Trinajstić information content (AvgIpc) is 2.36. The van der Waals surface area contributed by atoms with E-state index < -0.39 is 0 Å². The topological polar surface area (TPSA) is 21.3 Å². The summed E-state index contributed by atoms with van der Waals surface area (Å²) in [5, 5.41) is 3.46. The van der Waals surface area contributed by atoms with E-state index in [-0.39, 0.29) is 0 Å². The monoisotopic (exact) mass is 247 g/mol. The smallest absolute Gasteiger partial charge is 0.0737 e. The van der Waals surface area contributed by atoms with Crippen molar-refractivity contribution in [3.05, 3.63) is 35.9 Å². The highest BCUT2D eigenvalue weighted by Gasteiger charge is 2.38. The van der Waals surface area contributed by atoms with E-state index in [1.807, 2.05) is 6.07 Å². The van der Waals surface area contributed by atoms with Crippen LogP contribution in [0.5, 0.6) is 0 Å². The molecule has 2 nitrogen and oxygen atoms in total. The highest BCUT2D eigenvalue weighted by atomic mass is 16.5. The number of benzene rings is 1. The maximum absolute atomic E-state index is 6.15. The first-order valence-corrected chi connectivity index (χ1v) is 6.96. The molecule has 0 spiro atoms. The molecule has 2 atom stereocenters. The molecule has 0 bridgehead atoms. The number of likely N-dealkylation sites (N-methyl/N-ethyl adjacent to an activating group) is 1. The zero-order valence-electron chi connectivity index (χ0n) is 11.8. The van der Waals surface area contributed by atoms with Gasteiger partial charge in [0.05, 0.1) is 12.7 Å². The molecule has 100 valence electrons. The predicted molar refractivity (Wildman–Crippen MR) is 75.5 cm³/mol. The predicted octanol–water partition coefficient (Wildman–Crippen LogP) is 3.37. The van der Waals surface area contributed by atoms with Gasteiger partial charge >= 0.3 is 0 Å². The van der Waals surface area contributed by atoms with Crippen molar-refractivity contribution >= 4 is 0 Å². The molecule has 1 aromatic rings. The van der Waals surface area contributed by atoms with Crippen LogP contribution in [-0.2, 0) is 11.3 Å². The number of rotatable bonds is 4. The maximum atomic E-state index is 6.15. The Bertz CT molecular complexity index is 361. The molecular weight excluding hydrogens is 222 g/mol. The van der Waals surface area contributed by atoms with Crippen LogP contribution in [0.2, 0.25) is 0 Å². The standard InChI is InChI=1S/C16H25NO/c1-16(2)11-7-10-14(15(16)17-3)18-12-13-8-5-4-6-9-13/h4-6,8-9,14-15,17H,7,10-12H2,1-3H3. The highest BCUT2D eigenvalue weighted by Crippen LogP contribution is 2.37. The van der Waals surface area contributed by atoms with Crippen LogP contribution in [0.1, 0.15) is 38.7 Å². The van der Waals surface area contributed by atoms with Gasteiger partial charge in [0.15, 0.2) is 0 Å². The minimum absolute atomic E-state index is 0.328. The van der Waals surface area contributed by atoms with Crippen LogP contribution < -0.4 is 5.32 Å². The summed E-state index contributed by atoms with van der Waals surface area (Å²) in [6.07, 6.45) is 4.05. The minimum atomic E-state index is 0.328. The molecule has 1 N–H and O–H groups in total. The van der Waals surface area contributed by atoms with E-state index in [0.29, 0.717) is 17.6 Å². The van der Waals surface area contributed by atoms with Gasteiger partial charge in [-0.15, -0.1) is 0 Å². The summed E-state index contributed by atoms with van der Waals surface area (Å²) in [5.74, 6) is 0. The van der Waals surface area contributed by atoms with Crippen LogP contribution in [-0.4, -0.2) is 19.2 Å². The van der Waals surface area contributed by atoms with Gasteiger partial charge in [-0.25, -0.2) is 0 Å². The van der Waals surface area contributed by atoms with Crippen molar-refractivity contribution in [3.8, 4) is 0 Å². The van der Waals surface area contributed by atoms with Crippen LogP contribution in [0, 0.1) is 5.41 Å². The van der Waals surface area contributed by atoms with Gasteiger partial charge in [-0.1, -0.05) is 50.6 Å². The van der Waals surface area contributed by atoms with Gasteiger partial charge in [-0.3, -0.25) is 0 Å². The lowest BCUT2D eigenvalue weighted by atomic mass is 9.72. The summed E-state index contributed by atoms with van der Waals surface area (Å²) >= 11 is 0. The van der Waals surface area contributed by atoms with Gasteiger partial charge in [-0.2, -0.15) is 0 Å². The first kappa shape index (κ1) is 13.6. The van der Waals surface area contributed by atoms with Gasteiger partial charge in [0.1, 0.15) is 0 Å². The molecule has 18 heavy (non-hydrogen) atoms. The fourth-order valence-electron chi connectivity index (χ4n) is 3.12. The van der Waals surface area contributed by atoms with Crippen molar-refractivity contribution < 1.29 is 4.74 Å². The van der Waals surface area contributed by atoms with Gasteiger partial charge in [0.2, 0.25) is 0 Å². The lowest BCUT2D eigenvalue weighted by Crippen LogP contribution is -2.52. The zero-order chi connectivity index (χ0) is 13.0. The minimum Gasteiger partial charge on any atom is -0.372 e. The third kappa shape index (κ3) is 3.12. The fourth-order valence-corrected chi connectivity index (χ4v) is 3.12. The fraction of sp³-hybridized carbons (Fsp3) is 0.625. The first-order valence-electron chi connectivity index (χ1n) is 6.96. The molecule has 1 aliphatic carbocycles. The Hall–Kier alpha value is -0.860. The average molecular weight is 247 g/mol. The lowest BCUT2D eigenvalue weighted by molar-refractivity contribution is -0.0433. The Balaban J connectivity index is 1.95. The summed E-state index contributed by atoms with van der Waals surface area (Å²) in [6, 6.07) is 10.9. The second kappa shape index (κ2) is 5.85. The molecule has 2 rings (SSSR count). The summed E-state index contributed by atoms with van der Waals surface area (Å²) in [4.78, 5) is 0. The van der Waals surface area contributed by atoms with Crippen molar-refractivity contribution in [2.75, 3.05) is 7.05 Å². The molecular formula is C16H25NO. The Labute approximate surface area is 111 Å². The molecule has 1 fully saturated rings. The molecule has 0 heterocycles.